The van der Waals surface area contributed by atoms with Crippen LogP contribution in [0, 0.1) is 0 Å². The summed E-state index contributed by atoms with van der Waals surface area (Å²) in [6, 6.07) is 9.67. The Kier molecular flexibility index (Phi) is 7.52. The largest absolute Gasteiger partial charge is 0.359 e. The average Bonchev–Trinajstić information content (AvgIpc) is 2.20. The monoisotopic (exact) mass is 193 g/mol. The third-order valence-electron chi connectivity index (χ3n) is 1.49. The maximum Gasteiger partial charge on any atom is 0.224 e. The molecule has 2 nitrogen and oxygen atoms in total. The predicted octanol–water partition coefficient (Wildman–Crippen LogP) is 2.39. The number of rotatable bonds is 2. The van der Waals surface area contributed by atoms with E-state index in [4.69, 9.17) is 0 Å². The second-order valence-electron chi connectivity index (χ2n) is 3.04. The average molecular weight is 193 g/mol. The van der Waals surface area contributed by atoms with Gasteiger partial charge >= 0.3 is 0 Å². The van der Waals surface area contributed by atoms with Crippen molar-refractivity contribution in [1.82, 2.24) is 5.32 Å². The summed E-state index contributed by atoms with van der Waals surface area (Å²) in [5.74, 6) is 0.0520. The lowest BCUT2D eigenvalue weighted by atomic mass is 10.1. The molecule has 0 saturated carbocycles. The number of nitrogens with one attached hydrogen (secondary N) is 1. The van der Waals surface area contributed by atoms with Gasteiger partial charge in [0.2, 0.25) is 5.91 Å². The molecule has 78 valence electrons. The highest BCUT2D eigenvalue weighted by atomic mass is 16.1. The molecule has 0 aliphatic rings. The molecular formula is C12H19NO. The van der Waals surface area contributed by atoms with Crippen molar-refractivity contribution in [2.24, 2.45) is 0 Å². The molecule has 1 aromatic rings. The molecular weight excluding hydrogens is 174 g/mol. The molecule has 0 aliphatic heterocycles. The summed E-state index contributed by atoms with van der Waals surface area (Å²) in [6.07, 6.45) is 1.72. The first-order valence-electron chi connectivity index (χ1n) is 4.99. The van der Waals surface area contributed by atoms with Crippen molar-refractivity contribution in [3.8, 4) is 0 Å². The van der Waals surface area contributed by atoms with Crippen molar-refractivity contribution in [3.63, 3.8) is 0 Å². The first-order chi connectivity index (χ1) is 6.74. The van der Waals surface area contributed by atoms with Gasteiger partial charge in [0.1, 0.15) is 0 Å². The Morgan fingerprint density at radius 1 is 1.21 bits per heavy atom. The molecule has 14 heavy (non-hydrogen) atoms. The zero-order valence-corrected chi connectivity index (χ0v) is 9.21. The molecule has 0 aliphatic carbocycles. The van der Waals surface area contributed by atoms with Crippen LogP contribution in [0.15, 0.2) is 30.3 Å². The van der Waals surface area contributed by atoms with Gasteiger partial charge in [-0.15, -0.1) is 0 Å². The summed E-state index contributed by atoms with van der Waals surface area (Å²) < 4.78 is 0. The lowest BCUT2D eigenvalue weighted by Gasteiger charge is -1.98. The second-order valence-corrected chi connectivity index (χ2v) is 3.04. The summed E-state index contributed by atoms with van der Waals surface area (Å²) in [7, 11) is 1.64. The van der Waals surface area contributed by atoms with E-state index in [1.165, 1.54) is 6.42 Å². The number of likely N-dealkylation sites (N-methyl/N-ethyl adjacent to an activating group) is 1. The number of carbonyl (C=O) groups excluding carboxylic acids is 1. The van der Waals surface area contributed by atoms with Gasteiger partial charge in [-0.05, 0) is 5.56 Å². The molecule has 1 N–H and O–H groups in total. The zero-order valence-electron chi connectivity index (χ0n) is 9.21. The van der Waals surface area contributed by atoms with Crippen LogP contribution in [0.25, 0.3) is 0 Å². The molecule has 0 aromatic heterocycles. The van der Waals surface area contributed by atoms with Gasteiger partial charge in [-0.2, -0.15) is 0 Å². The maximum atomic E-state index is 10.9. The van der Waals surface area contributed by atoms with Crippen LogP contribution in [0.2, 0.25) is 0 Å². The van der Waals surface area contributed by atoms with Crippen molar-refractivity contribution in [2.75, 3.05) is 7.05 Å². The van der Waals surface area contributed by atoms with E-state index < -0.39 is 0 Å². The van der Waals surface area contributed by atoms with Crippen LogP contribution in [0.1, 0.15) is 25.8 Å². The highest BCUT2D eigenvalue weighted by Crippen LogP contribution is 1.98. The molecule has 1 amide bonds. The Bertz CT molecular complexity index is 244. The Morgan fingerprint density at radius 2 is 1.71 bits per heavy atom. The van der Waals surface area contributed by atoms with Crippen molar-refractivity contribution in [2.45, 2.75) is 26.7 Å². The minimum Gasteiger partial charge on any atom is -0.359 e. The van der Waals surface area contributed by atoms with Crippen molar-refractivity contribution in [3.05, 3.63) is 35.9 Å². The lowest BCUT2D eigenvalue weighted by Crippen LogP contribution is -2.19. The van der Waals surface area contributed by atoms with Crippen LogP contribution >= 0.6 is 0 Å². The molecule has 0 heterocycles. The Balaban J connectivity index is 0.000000500. The summed E-state index contributed by atoms with van der Waals surface area (Å²) >= 11 is 0. The molecule has 0 atom stereocenters. The van der Waals surface area contributed by atoms with E-state index in [1.807, 2.05) is 30.3 Å². The highest BCUT2D eigenvalue weighted by molar-refractivity contribution is 5.78. The van der Waals surface area contributed by atoms with Crippen LogP contribution in [0.3, 0.4) is 0 Å². The minimum absolute atomic E-state index is 0.0520. The first kappa shape index (κ1) is 12.7. The third-order valence-corrected chi connectivity index (χ3v) is 1.49. The van der Waals surface area contributed by atoms with Gasteiger partial charge in [-0.1, -0.05) is 50.6 Å². The fraction of sp³-hybridized carbons (Fsp3) is 0.417. The molecule has 0 bridgehead atoms. The van der Waals surface area contributed by atoms with Gasteiger partial charge < -0.3 is 5.32 Å². The second kappa shape index (κ2) is 8.30. The molecule has 0 unspecified atom stereocenters. The van der Waals surface area contributed by atoms with E-state index in [9.17, 15) is 4.79 Å². The number of carbonyl (C=O) groups is 1. The van der Waals surface area contributed by atoms with E-state index in [2.05, 4.69) is 19.2 Å². The SMILES string of the molecule is CCC.CNC(=O)Cc1ccccc1. The van der Waals surface area contributed by atoms with Gasteiger partial charge in [-0.3, -0.25) is 4.79 Å². The van der Waals surface area contributed by atoms with Gasteiger partial charge in [0.15, 0.2) is 0 Å². The topological polar surface area (TPSA) is 29.1 Å². The molecule has 1 aromatic carbocycles. The summed E-state index contributed by atoms with van der Waals surface area (Å²) in [6.45, 7) is 4.25. The Hall–Kier alpha value is -1.31. The molecule has 1 rings (SSSR count). The molecule has 0 saturated heterocycles. The van der Waals surface area contributed by atoms with Gasteiger partial charge in [0.05, 0.1) is 6.42 Å². The number of hydrogen-bond donors (Lipinski definition) is 1. The van der Waals surface area contributed by atoms with Gasteiger partial charge in [-0.25, -0.2) is 0 Å². The van der Waals surface area contributed by atoms with Crippen LogP contribution < -0.4 is 5.32 Å². The fourth-order valence-electron chi connectivity index (χ4n) is 0.870. The van der Waals surface area contributed by atoms with Crippen LogP contribution in [0.4, 0.5) is 0 Å². The normalized spacial score (nSPS) is 8.50. The van der Waals surface area contributed by atoms with E-state index in [1.54, 1.807) is 7.05 Å². The maximum absolute atomic E-state index is 10.9. The number of hydrogen-bond acceptors (Lipinski definition) is 1. The van der Waals surface area contributed by atoms with Crippen molar-refractivity contribution >= 4 is 5.91 Å². The number of benzene rings is 1. The molecule has 0 fully saturated rings. The fourth-order valence-corrected chi connectivity index (χ4v) is 0.870. The van der Waals surface area contributed by atoms with Crippen LogP contribution in [-0.2, 0) is 11.2 Å². The summed E-state index contributed by atoms with van der Waals surface area (Å²) in [4.78, 5) is 10.9. The predicted molar refractivity (Wildman–Crippen MR) is 60.2 cm³/mol. The lowest BCUT2D eigenvalue weighted by molar-refractivity contribution is -0.119. The Labute approximate surface area is 86.3 Å². The number of amides is 1. The summed E-state index contributed by atoms with van der Waals surface area (Å²) in [5, 5.41) is 2.57. The quantitative estimate of drug-likeness (QED) is 0.767. The summed E-state index contributed by atoms with van der Waals surface area (Å²) in [5.41, 5.74) is 1.05. The highest BCUT2D eigenvalue weighted by Gasteiger charge is 1.97. The van der Waals surface area contributed by atoms with Crippen molar-refractivity contribution in [1.29, 1.82) is 0 Å². The first-order valence-corrected chi connectivity index (χ1v) is 4.99. The molecule has 0 radical (unpaired) electrons. The van der Waals surface area contributed by atoms with E-state index >= 15 is 0 Å². The van der Waals surface area contributed by atoms with Crippen LogP contribution in [-0.4, -0.2) is 13.0 Å². The van der Waals surface area contributed by atoms with E-state index in [-0.39, 0.29) is 5.91 Å². The van der Waals surface area contributed by atoms with E-state index in [0.717, 1.165) is 5.56 Å². The van der Waals surface area contributed by atoms with Crippen LogP contribution in [0.5, 0.6) is 0 Å². The third kappa shape index (κ3) is 6.23. The molecule has 0 spiro atoms. The van der Waals surface area contributed by atoms with Gasteiger partial charge in [0.25, 0.3) is 0 Å². The minimum atomic E-state index is 0.0520. The van der Waals surface area contributed by atoms with Crippen molar-refractivity contribution < 1.29 is 4.79 Å². The standard InChI is InChI=1S/C9H11NO.C3H8/c1-10-9(11)7-8-5-3-2-4-6-8;1-3-2/h2-6H,7H2,1H3,(H,10,11);3H2,1-2H3. The smallest absolute Gasteiger partial charge is 0.224 e. The van der Waals surface area contributed by atoms with Gasteiger partial charge in [0, 0.05) is 7.05 Å². The zero-order chi connectivity index (χ0) is 10.8. The molecule has 2 heteroatoms. The Morgan fingerprint density at radius 3 is 2.14 bits per heavy atom. The van der Waals surface area contributed by atoms with E-state index in [0.29, 0.717) is 6.42 Å².